The Labute approximate surface area is 132 Å². The SMILES string of the molecule is CCCCN(CCCC)C(c1ccccc1Br)C(C)N. The molecule has 2 unspecified atom stereocenters. The number of nitrogens with two attached hydrogens (primary N) is 1. The van der Waals surface area contributed by atoms with Gasteiger partial charge in [-0.05, 0) is 44.5 Å². The molecule has 0 aliphatic rings. The molecule has 0 aromatic heterocycles. The Morgan fingerprint density at radius 1 is 1.10 bits per heavy atom. The molecule has 0 radical (unpaired) electrons. The van der Waals surface area contributed by atoms with Gasteiger partial charge in [-0.15, -0.1) is 0 Å². The Bertz CT molecular complexity index is 371. The van der Waals surface area contributed by atoms with Crippen molar-refractivity contribution in [3.8, 4) is 0 Å². The number of nitrogens with zero attached hydrogens (tertiary/aromatic N) is 1. The summed E-state index contributed by atoms with van der Waals surface area (Å²) >= 11 is 3.69. The van der Waals surface area contributed by atoms with E-state index < -0.39 is 0 Å². The maximum absolute atomic E-state index is 6.32. The minimum absolute atomic E-state index is 0.127. The van der Waals surface area contributed by atoms with Gasteiger partial charge in [0.05, 0.1) is 6.04 Å². The molecule has 1 rings (SSSR count). The van der Waals surface area contributed by atoms with Crippen molar-refractivity contribution < 1.29 is 0 Å². The monoisotopic (exact) mass is 340 g/mol. The minimum atomic E-state index is 0.127. The standard InChI is InChI=1S/C17H29BrN2/c1-4-6-12-20(13-7-5-2)17(14(3)19)15-10-8-9-11-16(15)18/h8-11,14,17H,4-7,12-13,19H2,1-3H3. The maximum atomic E-state index is 6.32. The summed E-state index contributed by atoms with van der Waals surface area (Å²) in [7, 11) is 0. The van der Waals surface area contributed by atoms with E-state index in [2.05, 4.69) is 65.9 Å². The fourth-order valence-electron chi connectivity index (χ4n) is 2.64. The van der Waals surface area contributed by atoms with E-state index in [4.69, 9.17) is 5.73 Å². The predicted octanol–water partition coefficient (Wildman–Crippen LogP) is 4.74. The van der Waals surface area contributed by atoms with Gasteiger partial charge in [0.1, 0.15) is 0 Å². The lowest BCUT2D eigenvalue weighted by Gasteiger charge is -2.35. The van der Waals surface area contributed by atoms with Crippen LogP contribution in [0.15, 0.2) is 28.7 Å². The Morgan fingerprint density at radius 3 is 2.10 bits per heavy atom. The van der Waals surface area contributed by atoms with Crippen molar-refractivity contribution in [2.45, 2.75) is 58.5 Å². The Hall–Kier alpha value is -0.380. The van der Waals surface area contributed by atoms with Crippen LogP contribution >= 0.6 is 15.9 Å². The molecular formula is C17H29BrN2. The van der Waals surface area contributed by atoms with Crippen molar-refractivity contribution >= 4 is 15.9 Å². The van der Waals surface area contributed by atoms with Crippen molar-refractivity contribution in [3.63, 3.8) is 0 Å². The Morgan fingerprint density at radius 2 is 1.65 bits per heavy atom. The zero-order chi connectivity index (χ0) is 15.0. The van der Waals surface area contributed by atoms with Crippen molar-refractivity contribution in [2.24, 2.45) is 5.73 Å². The molecule has 0 heterocycles. The molecule has 1 aromatic carbocycles. The first-order chi connectivity index (χ1) is 9.61. The van der Waals surface area contributed by atoms with Gasteiger partial charge in [-0.3, -0.25) is 4.90 Å². The smallest absolute Gasteiger partial charge is 0.0507 e. The number of rotatable bonds is 9. The van der Waals surface area contributed by atoms with E-state index >= 15 is 0 Å². The summed E-state index contributed by atoms with van der Waals surface area (Å²) in [5.74, 6) is 0. The molecule has 0 saturated carbocycles. The fourth-order valence-corrected chi connectivity index (χ4v) is 3.16. The van der Waals surface area contributed by atoms with Gasteiger partial charge in [0.25, 0.3) is 0 Å². The number of benzene rings is 1. The third-order valence-corrected chi connectivity index (χ3v) is 4.44. The van der Waals surface area contributed by atoms with Gasteiger partial charge < -0.3 is 5.73 Å². The molecular weight excluding hydrogens is 312 g/mol. The molecule has 0 spiro atoms. The van der Waals surface area contributed by atoms with Crippen molar-refractivity contribution in [1.82, 2.24) is 4.90 Å². The van der Waals surface area contributed by atoms with Crippen LogP contribution in [0.25, 0.3) is 0 Å². The number of unbranched alkanes of at least 4 members (excludes halogenated alkanes) is 2. The van der Waals surface area contributed by atoms with E-state index in [1.54, 1.807) is 0 Å². The van der Waals surface area contributed by atoms with Gasteiger partial charge in [0, 0.05) is 10.5 Å². The quantitative estimate of drug-likeness (QED) is 0.703. The van der Waals surface area contributed by atoms with Crippen LogP contribution < -0.4 is 5.73 Å². The van der Waals surface area contributed by atoms with Gasteiger partial charge >= 0.3 is 0 Å². The molecule has 0 aliphatic carbocycles. The van der Waals surface area contributed by atoms with Gasteiger partial charge in [-0.2, -0.15) is 0 Å². The molecule has 0 saturated heterocycles. The highest BCUT2D eigenvalue weighted by Crippen LogP contribution is 2.30. The van der Waals surface area contributed by atoms with Crippen LogP contribution in [0.3, 0.4) is 0 Å². The van der Waals surface area contributed by atoms with E-state index in [9.17, 15) is 0 Å². The van der Waals surface area contributed by atoms with Crippen molar-refractivity contribution in [1.29, 1.82) is 0 Å². The summed E-state index contributed by atoms with van der Waals surface area (Å²) in [6, 6.07) is 8.90. The molecule has 0 aliphatic heterocycles. The van der Waals surface area contributed by atoms with Gasteiger partial charge in [-0.25, -0.2) is 0 Å². The van der Waals surface area contributed by atoms with Crippen molar-refractivity contribution in [3.05, 3.63) is 34.3 Å². The second-order valence-electron chi connectivity index (χ2n) is 5.57. The normalized spacial score (nSPS) is 14.5. The summed E-state index contributed by atoms with van der Waals surface area (Å²) in [4.78, 5) is 2.57. The van der Waals surface area contributed by atoms with E-state index in [1.807, 2.05) is 0 Å². The van der Waals surface area contributed by atoms with Crippen LogP contribution in [0.4, 0.5) is 0 Å². The first kappa shape index (κ1) is 17.7. The highest BCUT2D eigenvalue weighted by molar-refractivity contribution is 9.10. The fraction of sp³-hybridized carbons (Fsp3) is 0.647. The lowest BCUT2D eigenvalue weighted by Crippen LogP contribution is -2.40. The van der Waals surface area contributed by atoms with Gasteiger partial charge in [-0.1, -0.05) is 60.8 Å². The molecule has 2 atom stereocenters. The predicted molar refractivity (Wildman–Crippen MR) is 91.9 cm³/mol. The molecule has 0 amide bonds. The van der Waals surface area contributed by atoms with E-state index in [0.29, 0.717) is 6.04 Å². The highest BCUT2D eigenvalue weighted by atomic mass is 79.9. The lowest BCUT2D eigenvalue weighted by atomic mass is 9.98. The van der Waals surface area contributed by atoms with Crippen LogP contribution in [0.5, 0.6) is 0 Å². The number of hydrogen-bond acceptors (Lipinski definition) is 2. The highest BCUT2D eigenvalue weighted by Gasteiger charge is 2.24. The molecule has 0 fully saturated rings. The second-order valence-corrected chi connectivity index (χ2v) is 6.42. The Kier molecular flexibility index (Phi) is 8.43. The number of halogens is 1. The maximum Gasteiger partial charge on any atom is 0.0507 e. The van der Waals surface area contributed by atoms with Gasteiger partial charge in [0.2, 0.25) is 0 Å². The zero-order valence-electron chi connectivity index (χ0n) is 13.1. The topological polar surface area (TPSA) is 29.3 Å². The zero-order valence-corrected chi connectivity index (χ0v) is 14.7. The van der Waals surface area contributed by atoms with Crippen LogP contribution in [-0.4, -0.2) is 24.0 Å². The van der Waals surface area contributed by atoms with E-state index in [0.717, 1.165) is 13.1 Å². The largest absolute Gasteiger partial charge is 0.326 e. The minimum Gasteiger partial charge on any atom is -0.326 e. The summed E-state index contributed by atoms with van der Waals surface area (Å²) in [6.45, 7) is 8.87. The third-order valence-electron chi connectivity index (χ3n) is 3.71. The van der Waals surface area contributed by atoms with Crippen LogP contribution in [-0.2, 0) is 0 Å². The molecule has 2 nitrogen and oxygen atoms in total. The summed E-state index contributed by atoms with van der Waals surface area (Å²) in [5.41, 5.74) is 7.63. The molecule has 2 N–H and O–H groups in total. The van der Waals surface area contributed by atoms with Crippen LogP contribution in [0.1, 0.15) is 58.1 Å². The van der Waals surface area contributed by atoms with E-state index in [1.165, 1.54) is 35.7 Å². The molecule has 3 heteroatoms. The van der Waals surface area contributed by atoms with Crippen LogP contribution in [0, 0.1) is 0 Å². The van der Waals surface area contributed by atoms with Crippen LogP contribution in [0.2, 0.25) is 0 Å². The third kappa shape index (κ3) is 5.19. The first-order valence-corrected chi connectivity index (χ1v) is 8.65. The second kappa shape index (κ2) is 9.54. The molecule has 0 bridgehead atoms. The number of hydrogen-bond donors (Lipinski definition) is 1. The average molecular weight is 341 g/mol. The molecule has 114 valence electrons. The lowest BCUT2D eigenvalue weighted by molar-refractivity contribution is 0.170. The Balaban J connectivity index is 2.97. The summed E-state index contributed by atoms with van der Waals surface area (Å²) < 4.78 is 1.17. The molecule has 1 aromatic rings. The van der Waals surface area contributed by atoms with E-state index in [-0.39, 0.29) is 6.04 Å². The molecule has 20 heavy (non-hydrogen) atoms. The summed E-state index contributed by atoms with van der Waals surface area (Å²) in [5, 5.41) is 0. The first-order valence-electron chi connectivity index (χ1n) is 7.85. The van der Waals surface area contributed by atoms with Crippen molar-refractivity contribution in [2.75, 3.05) is 13.1 Å². The summed E-state index contributed by atoms with van der Waals surface area (Å²) in [6.07, 6.45) is 4.92. The average Bonchev–Trinajstić information content (AvgIpc) is 2.43. The van der Waals surface area contributed by atoms with Gasteiger partial charge in [0.15, 0.2) is 0 Å².